The van der Waals surface area contributed by atoms with E-state index in [0.717, 1.165) is 4.57 Å². The molecule has 1 saturated heterocycles. The molecule has 1 N–H and O–H groups in total. The number of rotatable bonds is 3. The monoisotopic (exact) mass is 351 g/mol. The lowest BCUT2D eigenvalue weighted by atomic mass is 10.2. The summed E-state index contributed by atoms with van der Waals surface area (Å²) in [7, 11) is -1.59. The number of aromatic nitrogens is 2. The summed E-state index contributed by atoms with van der Waals surface area (Å²) < 4.78 is 24.2. The lowest BCUT2D eigenvalue weighted by Gasteiger charge is -2.24. The fourth-order valence-electron chi connectivity index (χ4n) is 2.91. The van der Waals surface area contributed by atoms with Crippen molar-refractivity contribution in [1.82, 2.24) is 14.5 Å². The number of H-pyrrole nitrogens is 1. The van der Waals surface area contributed by atoms with Crippen LogP contribution in [-0.2, 0) is 21.2 Å². The second-order valence-electron chi connectivity index (χ2n) is 5.92. The van der Waals surface area contributed by atoms with Crippen molar-refractivity contribution in [2.75, 3.05) is 18.6 Å². The maximum Gasteiger partial charge on any atom is 0.317 e. The molecule has 1 atom stereocenters. The Bertz CT molecular complexity index is 1020. The molecule has 1 amide bonds. The first-order valence-electron chi connectivity index (χ1n) is 7.46. The Morgan fingerprint density at radius 1 is 1.33 bits per heavy atom. The molecule has 128 valence electrons. The van der Waals surface area contributed by atoms with Crippen LogP contribution in [0.5, 0.6) is 0 Å². The van der Waals surface area contributed by atoms with Gasteiger partial charge in [0.1, 0.15) is 6.54 Å². The van der Waals surface area contributed by atoms with E-state index in [2.05, 4.69) is 4.98 Å². The van der Waals surface area contributed by atoms with Gasteiger partial charge < -0.3 is 9.88 Å². The summed E-state index contributed by atoms with van der Waals surface area (Å²) in [6.45, 7) is -0.309. The predicted octanol–water partition coefficient (Wildman–Crippen LogP) is -0.665. The Labute approximate surface area is 137 Å². The molecule has 1 unspecified atom stereocenters. The van der Waals surface area contributed by atoms with Gasteiger partial charge in [0.15, 0.2) is 9.84 Å². The van der Waals surface area contributed by atoms with Crippen LogP contribution in [0.1, 0.15) is 6.42 Å². The minimum absolute atomic E-state index is 0.0587. The molecule has 8 nitrogen and oxygen atoms in total. The first kappa shape index (κ1) is 16.4. The first-order valence-corrected chi connectivity index (χ1v) is 9.28. The van der Waals surface area contributed by atoms with Crippen molar-refractivity contribution in [3.05, 3.63) is 45.0 Å². The van der Waals surface area contributed by atoms with E-state index < -0.39 is 32.9 Å². The van der Waals surface area contributed by atoms with Gasteiger partial charge in [0.05, 0.1) is 22.5 Å². The minimum atomic E-state index is -3.11. The van der Waals surface area contributed by atoms with Crippen LogP contribution in [-0.4, -0.2) is 53.4 Å². The molecule has 2 heterocycles. The van der Waals surface area contributed by atoms with E-state index in [1.54, 1.807) is 24.3 Å². The van der Waals surface area contributed by atoms with Crippen molar-refractivity contribution in [3.63, 3.8) is 0 Å². The number of aromatic amines is 1. The van der Waals surface area contributed by atoms with E-state index in [0.29, 0.717) is 17.5 Å². The number of amides is 1. The fourth-order valence-corrected chi connectivity index (χ4v) is 4.69. The third kappa shape index (κ3) is 2.99. The standard InChI is InChI=1S/C15H17N3O5S/c1-17(10-6-7-24(22,23)9-10)13(19)8-18-12-5-3-2-4-11(12)16-14(20)15(18)21/h2-5,10H,6-9H2,1H3,(H,16,20). The van der Waals surface area contributed by atoms with Gasteiger partial charge in [0.2, 0.25) is 5.91 Å². The zero-order valence-electron chi connectivity index (χ0n) is 13.1. The zero-order chi connectivity index (χ0) is 17.5. The number of hydrogen-bond donors (Lipinski definition) is 1. The van der Waals surface area contributed by atoms with E-state index in [4.69, 9.17) is 0 Å². The Kier molecular flexibility index (Phi) is 4.04. The van der Waals surface area contributed by atoms with Gasteiger partial charge in [-0.3, -0.25) is 19.0 Å². The van der Waals surface area contributed by atoms with Crippen LogP contribution < -0.4 is 11.1 Å². The van der Waals surface area contributed by atoms with Crippen molar-refractivity contribution < 1.29 is 13.2 Å². The summed E-state index contributed by atoms with van der Waals surface area (Å²) in [5.41, 5.74) is -0.703. The maximum atomic E-state index is 12.5. The van der Waals surface area contributed by atoms with E-state index >= 15 is 0 Å². The predicted molar refractivity (Wildman–Crippen MR) is 88.7 cm³/mol. The van der Waals surface area contributed by atoms with Crippen LogP contribution in [0.15, 0.2) is 33.9 Å². The number of nitrogens with one attached hydrogen (secondary N) is 1. The maximum absolute atomic E-state index is 12.5. The molecule has 0 saturated carbocycles. The quantitative estimate of drug-likeness (QED) is 0.738. The highest BCUT2D eigenvalue weighted by molar-refractivity contribution is 7.91. The SMILES string of the molecule is CN(C(=O)Cn1c(=O)c(=O)[nH]c2ccccc21)C1CCS(=O)(=O)C1. The van der Waals surface area contributed by atoms with Crippen LogP contribution in [0, 0.1) is 0 Å². The van der Waals surface area contributed by atoms with Gasteiger partial charge in [-0.15, -0.1) is 0 Å². The zero-order valence-corrected chi connectivity index (χ0v) is 13.9. The molecule has 0 bridgehead atoms. The molecule has 1 aromatic heterocycles. The third-order valence-corrected chi connectivity index (χ3v) is 6.08. The van der Waals surface area contributed by atoms with Crippen LogP contribution in [0.2, 0.25) is 0 Å². The number of fused-ring (bicyclic) bond motifs is 1. The molecular weight excluding hydrogens is 334 g/mol. The van der Waals surface area contributed by atoms with Crippen molar-refractivity contribution in [2.45, 2.75) is 19.0 Å². The molecule has 1 aliphatic heterocycles. The molecule has 0 aliphatic carbocycles. The molecule has 0 radical (unpaired) electrons. The summed E-state index contributed by atoms with van der Waals surface area (Å²) >= 11 is 0. The number of carbonyl (C=O) groups is 1. The van der Waals surface area contributed by atoms with Crippen molar-refractivity contribution in [1.29, 1.82) is 0 Å². The van der Waals surface area contributed by atoms with Crippen molar-refractivity contribution in [2.24, 2.45) is 0 Å². The normalized spacial score (nSPS) is 19.5. The summed E-state index contributed by atoms with van der Waals surface area (Å²) in [6.07, 6.45) is 0.385. The van der Waals surface area contributed by atoms with Crippen LogP contribution in [0.3, 0.4) is 0 Å². The Balaban J connectivity index is 1.92. The molecule has 3 rings (SSSR count). The summed E-state index contributed by atoms with van der Waals surface area (Å²) in [6, 6.07) is 6.30. The largest absolute Gasteiger partial charge is 0.340 e. The summed E-state index contributed by atoms with van der Waals surface area (Å²) in [5, 5.41) is 0. The molecule has 2 aromatic rings. The molecule has 1 aliphatic rings. The highest BCUT2D eigenvalue weighted by Gasteiger charge is 2.32. The lowest BCUT2D eigenvalue weighted by Crippen LogP contribution is -2.44. The Hall–Kier alpha value is -2.42. The number of benzene rings is 1. The fraction of sp³-hybridized carbons (Fsp3) is 0.400. The number of para-hydroxylation sites is 2. The number of likely N-dealkylation sites (N-methyl/N-ethyl adjacent to an activating group) is 1. The van der Waals surface area contributed by atoms with Gasteiger partial charge in [-0.05, 0) is 18.6 Å². The van der Waals surface area contributed by atoms with Crippen molar-refractivity contribution >= 4 is 26.8 Å². The second kappa shape index (κ2) is 5.90. The van der Waals surface area contributed by atoms with E-state index in [-0.39, 0.29) is 18.1 Å². The molecule has 0 spiro atoms. The number of hydrogen-bond acceptors (Lipinski definition) is 5. The average Bonchev–Trinajstić information content (AvgIpc) is 2.90. The highest BCUT2D eigenvalue weighted by atomic mass is 32.2. The van der Waals surface area contributed by atoms with Crippen LogP contribution in [0.4, 0.5) is 0 Å². The Morgan fingerprint density at radius 3 is 2.71 bits per heavy atom. The topological polar surface area (TPSA) is 109 Å². The third-order valence-electron chi connectivity index (χ3n) is 4.33. The lowest BCUT2D eigenvalue weighted by molar-refractivity contribution is -0.132. The minimum Gasteiger partial charge on any atom is -0.340 e. The first-order chi connectivity index (χ1) is 11.3. The van der Waals surface area contributed by atoms with E-state index in [9.17, 15) is 22.8 Å². The number of nitrogens with zero attached hydrogens (tertiary/aromatic N) is 2. The Morgan fingerprint density at radius 2 is 2.04 bits per heavy atom. The summed E-state index contributed by atoms with van der Waals surface area (Å²) in [4.78, 5) is 40.2. The van der Waals surface area contributed by atoms with Gasteiger partial charge in [-0.1, -0.05) is 12.1 Å². The molecule has 9 heteroatoms. The van der Waals surface area contributed by atoms with Crippen LogP contribution >= 0.6 is 0 Å². The number of sulfone groups is 1. The molecule has 1 fully saturated rings. The smallest absolute Gasteiger partial charge is 0.317 e. The van der Waals surface area contributed by atoms with Gasteiger partial charge in [-0.2, -0.15) is 0 Å². The molecule has 24 heavy (non-hydrogen) atoms. The van der Waals surface area contributed by atoms with E-state index in [1.807, 2.05) is 0 Å². The van der Waals surface area contributed by atoms with Crippen LogP contribution in [0.25, 0.3) is 11.0 Å². The summed E-state index contributed by atoms with van der Waals surface area (Å²) in [5.74, 6) is -0.418. The second-order valence-corrected chi connectivity index (χ2v) is 8.15. The van der Waals surface area contributed by atoms with Gasteiger partial charge >= 0.3 is 11.1 Å². The van der Waals surface area contributed by atoms with Gasteiger partial charge in [0, 0.05) is 13.1 Å². The van der Waals surface area contributed by atoms with E-state index in [1.165, 1.54) is 11.9 Å². The highest BCUT2D eigenvalue weighted by Crippen LogP contribution is 2.17. The van der Waals surface area contributed by atoms with Gasteiger partial charge in [-0.25, -0.2) is 8.42 Å². The molecule has 1 aromatic carbocycles. The average molecular weight is 351 g/mol. The van der Waals surface area contributed by atoms with Crippen molar-refractivity contribution in [3.8, 4) is 0 Å². The van der Waals surface area contributed by atoms with Gasteiger partial charge in [0.25, 0.3) is 0 Å². The molecular formula is C15H17N3O5S. The number of carbonyl (C=O) groups excluding carboxylic acids is 1.